The molecule has 26 heavy (non-hydrogen) atoms. The third-order valence-corrected chi connectivity index (χ3v) is 5.28. The molecule has 0 amide bonds. The molecule has 1 aliphatic rings. The van der Waals surface area contributed by atoms with Crippen LogP contribution in [0.25, 0.3) is 0 Å². The molecule has 0 spiro atoms. The van der Waals surface area contributed by atoms with Gasteiger partial charge >= 0.3 is 0 Å². The molecule has 3 rings (SSSR count). The fourth-order valence-corrected chi connectivity index (χ4v) is 3.82. The first-order chi connectivity index (χ1) is 12.8. The number of ether oxygens (including phenoxy) is 1. The SMILES string of the molecule is CN(CCC1CCCCN1CCOc1ccccc1)Cc1ccccc1. The first kappa shape index (κ1) is 18.9. The van der Waals surface area contributed by atoms with Gasteiger partial charge < -0.3 is 9.64 Å². The van der Waals surface area contributed by atoms with Crippen molar-refractivity contribution in [2.75, 3.05) is 33.3 Å². The highest BCUT2D eigenvalue weighted by atomic mass is 16.5. The van der Waals surface area contributed by atoms with E-state index in [0.717, 1.165) is 32.0 Å². The maximum atomic E-state index is 5.91. The van der Waals surface area contributed by atoms with Crippen LogP contribution in [-0.4, -0.2) is 49.1 Å². The van der Waals surface area contributed by atoms with Gasteiger partial charge in [0.1, 0.15) is 12.4 Å². The van der Waals surface area contributed by atoms with E-state index in [0.29, 0.717) is 6.04 Å². The minimum atomic E-state index is 0.696. The first-order valence-electron chi connectivity index (χ1n) is 9.95. The second-order valence-corrected chi connectivity index (χ2v) is 7.36. The Morgan fingerprint density at radius 1 is 1.00 bits per heavy atom. The molecular formula is C23H32N2O. The van der Waals surface area contributed by atoms with Crippen LogP contribution >= 0.6 is 0 Å². The van der Waals surface area contributed by atoms with Gasteiger partial charge in [0.05, 0.1) is 0 Å². The van der Waals surface area contributed by atoms with Gasteiger partial charge in [-0.3, -0.25) is 4.90 Å². The molecule has 140 valence electrons. The summed E-state index contributed by atoms with van der Waals surface area (Å²) in [7, 11) is 2.23. The number of nitrogens with zero attached hydrogens (tertiary/aromatic N) is 2. The van der Waals surface area contributed by atoms with Crippen LogP contribution in [-0.2, 0) is 6.54 Å². The molecule has 3 heteroatoms. The van der Waals surface area contributed by atoms with Crippen LogP contribution in [0.4, 0.5) is 0 Å². The molecule has 2 aromatic carbocycles. The maximum Gasteiger partial charge on any atom is 0.119 e. The maximum absolute atomic E-state index is 5.91. The first-order valence-corrected chi connectivity index (χ1v) is 9.95. The summed E-state index contributed by atoms with van der Waals surface area (Å²) in [5.74, 6) is 0.976. The van der Waals surface area contributed by atoms with Gasteiger partial charge in [0.15, 0.2) is 0 Å². The highest BCUT2D eigenvalue weighted by molar-refractivity contribution is 5.20. The van der Waals surface area contributed by atoms with Crippen LogP contribution in [0.15, 0.2) is 60.7 Å². The molecule has 0 aromatic heterocycles. The number of para-hydroxylation sites is 1. The summed E-state index contributed by atoms with van der Waals surface area (Å²) in [6.07, 6.45) is 5.25. The van der Waals surface area contributed by atoms with Crippen molar-refractivity contribution in [3.05, 3.63) is 66.2 Å². The fraction of sp³-hybridized carbons (Fsp3) is 0.478. The zero-order chi connectivity index (χ0) is 18.0. The minimum Gasteiger partial charge on any atom is -0.492 e. The number of piperidine rings is 1. The van der Waals surface area contributed by atoms with Crippen LogP contribution in [0.2, 0.25) is 0 Å². The minimum absolute atomic E-state index is 0.696. The van der Waals surface area contributed by atoms with E-state index in [1.807, 2.05) is 30.3 Å². The predicted octanol–water partition coefficient (Wildman–Crippen LogP) is 4.44. The van der Waals surface area contributed by atoms with Gasteiger partial charge in [-0.1, -0.05) is 55.0 Å². The van der Waals surface area contributed by atoms with Gasteiger partial charge in [-0.05, 0) is 57.1 Å². The van der Waals surface area contributed by atoms with Crippen molar-refractivity contribution in [3.63, 3.8) is 0 Å². The van der Waals surface area contributed by atoms with Crippen LogP contribution in [0.1, 0.15) is 31.2 Å². The van der Waals surface area contributed by atoms with E-state index in [1.165, 1.54) is 37.8 Å². The highest BCUT2D eigenvalue weighted by Crippen LogP contribution is 2.20. The molecular weight excluding hydrogens is 320 g/mol. The molecule has 1 unspecified atom stereocenters. The topological polar surface area (TPSA) is 15.7 Å². The molecule has 1 fully saturated rings. The van der Waals surface area contributed by atoms with Gasteiger partial charge in [-0.2, -0.15) is 0 Å². The van der Waals surface area contributed by atoms with Gasteiger partial charge in [0, 0.05) is 19.1 Å². The summed E-state index contributed by atoms with van der Waals surface area (Å²) in [5, 5.41) is 0. The molecule has 0 radical (unpaired) electrons. The summed E-state index contributed by atoms with van der Waals surface area (Å²) in [6, 6.07) is 21.6. The number of hydrogen-bond donors (Lipinski definition) is 0. The van der Waals surface area contributed by atoms with Gasteiger partial charge in [0.25, 0.3) is 0 Å². The molecule has 0 bridgehead atoms. The van der Waals surface area contributed by atoms with Crippen molar-refractivity contribution >= 4 is 0 Å². The molecule has 1 atom stereocenters. The molecule has 3 nitrogen and oxygen atoms in total. The lowest BCUT2D eigenvalue weighted by Crippen LogP contribution is -2.43. The summed E-state index contributed by atoms with van der Waals surface area (Å²) in [5.41, 5.74) is 1.40. The molecule has 0 aliphatic carbocycles. The normalized spacial score (nSPS) is 18.2. The molecule has 1 heterocycles. The van der Waals surface area contributed by atoms with Crippen molar-refractivity contribution < 1.29 is 4.74 Å². The number of likely N-dealkylation sites (tertiary alicyclic amines) is 1. The number of benzene rings is 2. The Kier molecular flexibility index (Phi) is 7.53. The van der Waals surface area contributed by atoms with E-state index in [9.17, 15) is 0 Å². The molecule has 2 aromatic rings. The van der Waals surface area contributed by atoms with Gasteiger partial charge in [-0.25, -0.2) is 0 Å². The van der Waals surface area contributed by atoms with E-state index in [1.54, 1.807) is 0 Å². The van der Waals surface area contributed by atoms with Crippen molar-refractivity contribution in [1.82, 2.24) is 9.80 Å². The van der Waals surface area contributed by atoms with E-state index in [-0.39, 0.29) is 0 Å². The number of hydrogen-bond acceptors (Lipinski definition) is 3. The summed E-state index contributed by atoms with van der Waals surface area (Å²) >= 11 is 0. The molecule has 1 aliphatic heterocycles. The van der Waals surface area contributed by atoms with Crippen molar-refractivity contribution in [1.29, 1.82) is 0 Å². The summed E-state index contributed by atoms with van der Waals surface area (Å²) < 4.78 is 5.91. The van der Waals surface area contributed by atoms with E-state index in [2.05, 4.69) is 47.2 Å². The second kappa shape index (κ2) is 10.3. The lowest BCUT2D eigenvalue weighted by atomic mass is 9.99. The molecule has 0 N–H and O–H groups in total. The third kappa shape index (κ3) is 6.15. The zero-order valence-electron chi connectivity index (χ0n) is 16.0. The molecule has 0 saturated carbocycles. The largest absolute Gasteiger partial charge is 0.492 e. The predicted molar refractivity (Wildman–Crippen MR) is 109 cm³/mol. The van der Waals surface area contributed by atoms with Crippen LogP contribution in [0.3, 0.4) is 0 Å². The van der Waals surface area contributed by atoms with E-state index in [4.69, 9.17) is 4.74 Å². The average molecular weight is 353 g/mol. The standard InChI is InChI=1S/C23H32N2O/c1-24(20-21-10-4-2-5-11-21)17-15-22-12-8-9-16-25(22)18-19-26-23-13-6-3-7-14-23/h2-7,10-11,13-14,22H,8-9,12,15-20H2,1H3. The van der Waals surface area contributed by atoms with Crippen molar-refractivity contribution in [2.45, 2.75) is 38.3 Å². The Labute approximate surface area is 158 Å². The van der Waals surface area contributed by atoms with E-state index < -0.39 is 0 Å². The third-order valence-electron chi connectivity index (χ3n) is 5.28. The fourth-order valence-electron chi connectivity index (χ4n) is 3.82. The zero-order valence-corrected chi connectivity index (χ0v) is 16.0. The van der Waals surface area contributed by atoms with Crippen LogP contribution < -0.4 is 4.74 Å². The Hall–Kier alpha value is -1.84. The smallest absolute Gasteiger partial charge is 0.119 e. The monoisotopic (exact) mass is 352 g/mol. The highest BCUT2D eigenvalue weighted by Gasteiger charge is 2.22. The van der Waals surface area contributed by atoms with Gasteiger partial charge in [0.2, 0.25) is 0 Å². The summed E-state index contributed by atoms with van der Waals surface area (Å²) in [4.78, 5) is 5.09. The lowest BCUT2D eigenvalue weighted by molar-refractivity contribution is 0.108. The Morgan fingerprint density at radius 2 is 1.73 bits per heavy atom. The Bertz CT molecular complexity index is 617. The summed E-state index contributed by atoms with van der Waals surface area (Å²) in [6.45, 7) is 5.20. The van der Waals surface area contributed by atoms with E-state index >= 15 is 0 Å². The average Bonchev–Trinajstić information content (AvgIpc) is 2.69. The molecule has 1 saturated heterocycles. The van der Waals surface area contributed by atoms with Crippen LogP contribution in [0, 0.1) is 0 Å². The second-order valence-electron chi connectivity index (χ2n) is 7.36. The quantitative estimate of drug-likeness (QED) is 0.663. The van der Waals surface area contributed by atoms with Crippen molar-refractivity contribution in [2.24, 2.45) is 0 Å². The Morgan fingerprint density at radius 3 is 2.50 bits per heavy atom. The Balaban J connectivity index is 1.41. The van der Waals surface area contributed by atoms with Crippen LogP contribution in [0.5, 0.6) is 5.75 Å². The van der Waals surface area contributed by atoms with Gasteiger partial charge in [-0.15, -0.1) is 0 Å². The number of rotatable bonds is 9. The van der Waals surface area contributed by atoms with Crippen molar-refractivity contribution in [3.8, 4) is 5.75 Å². The lowest BCUT2D eigenvalue weighted by Gasteiger charge is -2.36.